The number of piperidine rings is 2. The lowest BCUT2D eigenvalue weighted by Crippen LogP contribution is -2.48. The number of rotatable bonds is 8. The van der Waals surface area contributed by atoms with Gasteiger partial charge in [0.05, 0.1) is 24.5 Å². The maximum atomic E-state index is 12.4. The van der Waals surface area contributed by atoms with Crippen LogP contribution in [-0.4, -0.2) is 79.4 Å². The Labute approximate surface area is 168 Å². The Kier molecular flexibility index (Phi) is 8.51. The van der Waals surface area contributed by atoms with Crippen molar-refractivity contribution in [1.29, 1.82) is 0 Å². The molecule has 7 nitrogen and oxygen atoms in total. The smallest absolute Gasteiger partial charge is 0.317 e. The molecule has 0 aliphatic carbocycles. The van der Waals surface area contributed by atoms with Gasteiger partial charge >= 0.3 is 6.03 Å². The van der Waals surface area contributed by atoms with Crippen molar-refractivity contribution in [2.75, 3.05) is 46.4 Å². The van der Waals surface area contributed by atoms with Crippen LogP contribution >= 0.6 is 0 Å². The molecule has 0 radical (unpaired) electrons. The molecule has 3 heterocycles. The molecule has 3 rings (SSSR count). The van der Waals surface area contributed by atoms with E-state index in [1.165, 1.54) is 0 Å². The standard InChI is InChI=1S/C21H34N4O3/c1-24-13-8-19(9-14-24)27-15-5-11-23-21(26)25-12-4-7-20(16-25)28-17-18-6-2-3-10-22-18/h2-3,6,10,19-20H,4-5,7-9,11-17H2,1H3,(H,23,26). The quantitative estimate of drug-likeness (QED) is 0.690. The number of pyridine rings is 1. The maximum absolute atomic E-state index is 12.4. The van der Waals surface area contributed by atoms with Crippen LogP contribution in [0.25, 0.3) is 0 Å². The van der Waals surface area contributed by atoms with E-state index in [-0.39, 0.29) is 12.1 Å². The lowest BCUT2D eigenvalue weighted by molar-refractivity contribution is -0.00204. The van der Waals surface area contributed by atoms with Gasteiger partial charge in [0.2, 0.25) is 0 Å². The van der Waals surface area contributed by atoms with Crippen molar-refractivity contribution < 1.29 is 14.3 Å². The van der Waals surface area contributed by atoms with Crippen LogP contribution in [0.2, 0.25) is 0 Å². The van der Waals surface area contributed by atoms with Gasteiger partial charge in [0.15, 0.2) is 0 Å². The highest BCUT2D eigenvalue weighted by Gasteiger charge is 2.24. The first kappa shape index (κ1) is 21.0. The van der Waals surface area contributed by atoms with Crippen molar-refractivity contribution in [3.05, 3.63) is 30.1 Å². The van der Waals surface area contributed by atoms with Gasteiger partial charge < -0.3 is 24.6 Å². The van der Waals surface area contributed by atoms with Crippen molar-refractivity contribution in [3.8, 4) is 0 Å². The molecule has 1 atom stereocenters. The number of likely N-dealkylation sites (tertiary alicyclic amines) is 2. The average molecular weight is 391 g/mol. The van der Waals surface area contributed by atoms with Gasteiger partial charge in [0, 0.05) is 45.5 Å². The molecule has 7 heteroatoms. The molecule has 0 aromatic carbocycles. The molecule has 0 spiro atoms. The van der Waals surface area contributed by atoms with Gasteiger partial charge in [-0.3, -0.25) is 4.98 Å². The first-order valence-electron chi connectivity index (χ1n) is 10.5. The molecule has 156 valence electrons. The van der Waals surface area contributed by atoms with Crippen molar-refractivity contribution in [1.82, 2.24) is 20.1 Å². The first-order chi connectivity index (χ1) is 13.7. The van der Waals surface area contributed by atoms with Gasteiger partial charge in [-0.2, -0.15) is 0 Å². The molecule has 1 unspecified atom stereocenters. The van der Waals surface area contributed by atoms with Gasteiger partial charge in [-0.15, -0.1) is 0 Å². The van der Waals surface area contributed by atoms with E-state index >= 15 is 0 Å². The summed E-state index contributed by atoms with van der Waals surface area (Å²) >= 11 is 0. The third kappa shape index (κ3) is 7.04. The monoisotopic (exact) mass is 390 g/mol. The van der Waals surface area contributed by atoms with Crippen LogP contribution in [0, 0.1) is 0 Å². The number of nitrogens with zero attached hydrogens (tertiary/aromatic N) is 3. The number of carbonyl (C=O) groups is 1. The average Bonchev–Trinajstić information content (AvgIpc) is 2.74. The number of carbonyl (C=O) groups excluding carboxylic acids is 1. The normalized spacial score (nSPS) is 21.6. The third-order valence-corrected chi connectivity index (χ3v) is 5.47. The molecule has 2 aliphatic heterocycles. The van der Waals surface area contributed by atoms with E-state index < -0.39 is 0 Å². The number of hydrogen-bond donors (Lipinski definition) is 1. The van der Waals surface area contributed by atoms with E-state index in [0.29, 0.717) is 32.4 Å². The van der Waals surface area contributed by atoms with Gasteiger partial charge in [-0.05, 0) is 51.3 Å². The van der Waals surface area contributed by atoms with Crippen molar-refractivity contribution in [2.24, 2.45) is 0 Å². The number of amides is 2. The van der Waals surface area contributed by atoms with E-state index in [0.717, 1.165) is 57.4 Å². The van der Waals surface area contributed by atoms with Crippen LogP contribution in [0.3, 0.4) is 0 Å². The minimum absolute atomic E-state index is 0.00503. The minimum atomic E-state index is 0.00503. The fraction of sp³-hybridized carbons (Fsp3) is 0.714. The summed E-state index contributed by atoms with van der Waals surface area (Å²) in [6, 6.07) is 5.82. The zero-order valence-corrected chi connectivity index (χ0v) is 17.0. The summed E-state index contributed by atoms with van der Waals surface area (Å²) in [5.74, 6) is 0. The molecule has 28 heavy (non-hydrogen) atoms. The van der Waals surface area contributed by atoms with Gasteiger partial charge in [0.25, 0.3) is 0 Å². The summed E-state index contributed by atoms with van der Waals surface area (Å²) in [4.78, 5) is 20.9. The number of urea groups is 1. The summed E-state index contributed by atoms with van der Waals surface area (Å²) < 4.78 is 11.9. The predicted molar refractivity (Wildman–Crippen MR) is 108 cm³/mol. The highest BCUT2D eigenvalue weighted by molar-refractivity contribution is 5.74. The Bertz CT molecular complexity index is 578. The second kappa shape index (κ2) is 11.3. The molecule has 1 aromatic rings. The Balaban J connectivity index is 1.27. The zero-order chi connectivity index (χ0) is 19.6. The Morgan fingerprint density at radius 2 is 2.04 bits per heavy atom. The van der Waals surface area contributed by atoms with Crippen molar-refractivity contribution in [2.45, 2.75) is 50.9 Å². The topological polar surface area (TPSA) is 66.9 Å². The molecule has 2 saturated heterocycles. The van der Waals surface area contributed by atoms with E-state index in [2.05, 4.69) is 22.2 Å². The summed E-state index contributed by atoms with van der Waals surface area (Å²) in [6.45, 7) is 5.52. The van der Waals surface area contributed by atoms with Gasteiger partial charge in [0.1, 0.15) is 0 Å². The van der Waals surface area contributed by atoms with Gasteiger partial charge in [-0.1, -0.05) is 6.07 Å². The fourth-order valence-electron chi connectivity index (χ4n) is 3.73. The molecular weight excluding hydrogens is 356 g/mol. The first-order valence-corrected chi connectivity index (χ1v) is 10.5. The van der Waals surface area contributed by atoms with Crippen molar-refractivity contribution in [3.63, 3.8) is 0 Å². The molecule has 2 fully saturated rings. The molecule has 1 N–H and O–H groups in total. The molecule has 2 amide bonds. The summed E-state index contributed by atoms with van der Waals surface area (Å²) in [5, 5.41) is 3.02. The molecular formula is C21H34N4O3. The van der Waals surface area contributed by atoms with E-state index in [1.54, 1.807) is 6.20 Å². The second-order valence-corrected chi connectivity index (χ2v) is 7.80. The maximum Gasteiger partial charge on any atom is 0.317 e. The van der Waals surface area contributed by atoms with Crippen LogP contribution in [0.4, 0.5) is 4.79 Å². The summed E-state index contributed by atoms with van der Waals surface area (Å²) in [5.41, 5.74) is 0.925. The Morgan fingerprint density at radius 1 is 1.18 bits per heavy atom. The van der Waals surface area contributed by atoms with Crippen LogP contribution in [0.5, 0.6) is 0 Å². The lowest BCUT2D eigenvalue weighted by Gasteiger charge is -2.32. The van der Waals surface area contributed by atoms with Crippen molar-refractivity contribution >= 4 is 6.03 Å². The largest absolute Gasteiger partial charge is 0.378 e. The fourth-order valence-corrected chi connectivity index (χ4v) is 3.73. The highest BCUT2D eigenvalue weighted by atomic mass is 16.5. The van der Waals surface area contributed by atoms with E-state index in [4.69, 9.17) is 9.47 Å². The van der Waals surface area contributed by atoms with Crippen LogP contribution in [-0.2, 0) is 16.1 Å². The highest BCUT2D eigenvalue weighted by Crippen LogP contribution is 2.15. The molecule has 2 aliphatic rings. The second-order valence-electron chi connectivity index (χ2n) is 7.80. The molecule has 0 bridgehead atoms. The number of hydrogen-bond acceptors (Lipinski definition) is 5. The van der Waals surface area contributed by atoms with Crippen LogP contribution < -0.4 is 5.32 Å². The Hall–Kier alpha value is -1.70. The van der Waals surface area contributed by atoms with E-state index in [9.17, 15) is 4.79 Å². The molecule has 1 aromatic heterocycles. The number of ether oxygens (including phenoxy) is 2. The Morgan fingerprint density at radius 3 is 2.82 bits per heavy atom. The SMILES string of the molecule is CN1CCC(OCCCNC(=O)N2CCCC(OCc3ccccn3)C2)CC1. The van der Waals surface area contributed by atoms with Crippen LogP contribution in [0.1, 0.15) is 37.8 Å². The van der Waals surface area contributed by atoms with Crippen LogP contribution in [0.15, 0.2) is 24.4 Å². The third-order valence-electron chi connectivity index (χ3n) is 5.47. The minimum Gasteiger partial charge on any atom is -0.378 e. The van der Waals surface area contributed by atoms with E-state index in [1.807, 2.05) is 23.1 Å². The van der Waals surface area contributed by atoms with Gasteiger partial charge in [-0.25, -0.2) is 4.79 Å². The lowest BCUT2D eigenvalue weighted by atomic mass is 10.1. The summed E-state index contributed by atoms with van der Waals surface area (Å²) in [7, 11) is 2.15. The number of nitrogens with one attached hydrogen (secondary N) is 1. The predicted octanol–water partition coefficient (Wildman–Crippen LogP) is 2.27. The summed E-state index contributed by atoms with van der Waals surface area (Å²) in [6.07, 6.45) is 7.26. The zero-order valence-electron chi connectivity index (χ0n) is 17.0. The number of aromatic nitrogens is 1. The molecule has 0 saturated carbocycles.